The van der Waals surface area contributed by atoms with Crippen LogP contribution in [-0.4, -0.2) is 26.6 Å². The Kier molecular flexibility index (Phi) is 6.31. The Labute approximate surface area is 162 Å². The third-order valence-electron chi connectivity index (χ3n) is 4.63. The normalized spacial score (nSPS) is 13.7. The lowest BCUT2D eigenvalue weighted by atomic mass is 10.1. The lowest BCUT2D eigenvalue weighted by molar-refractivity contribution is -0.122. The van der Waals surface area contributed by atoms with E-state index in [2.05, 4.69) is 5.32 Å². The number of rotatable bonds is 6. The highest BCUT2D eigenvalue weighted by atomic mass is 32.2. The molecule has 2 aromatic rings. The van der Waals surface area contributed by atoms with Gasteiger partial charge in [-0.1, -0.05) is 42.0 Å². The molecule has 0 saturated carbocycles. The number of sulfonamides is 1. The fourth-order valence-electron chi connectivity index (χ4n) is 3.01. The average molecular weight is 389 g/mol. The number of hydrogen-bond donors (Lipinski definition) is 1. The van der Waals surface area contributed by atoms with Gasteiger partial charge in [0.1, 0.15) is 6.04 Å². The van der Waals surface area contributed by atoms with E-state index >= 15 is 0 Å². The number of carbonyl (C=O) groups is 1. The summed E-state index contributed by atoms with van der Waals surface area (Å²) in [5, 5.41) is 2.93. The quantitative estimate of drug-likeness (QED) is 0.821. The first-order valence-electron chi connectivity index (χ1n) is 8.94. The van der Waals surface area contributed by atoms with Crippen LogP contribution in [0.2, 0.25) is 0 Å². The van der Waals surface area contributed by atoms with Gasteiger partial charge in [0.25, 0.3) is 0 Å². The zero-order chi connectivity index (χ0) is 20.4. The summed E-state index contributed by atoms with van der Waals surface area (Å²) in [5.41, 5.74) is 4.38. The van der Waals surface area contributed by atoms with Gasteiger partial charge < -0.3 is 5.32 Å². The Morgan fingerprint density at radius 3 is 2.07 bits per heavy atom. The van der Waals surface area contributed by atoms with Crippen LogP contribution in [0, 0.1) is 20.8 Å². The lowest BCUT2D eigenvalue weighted by Crippen LogP contribution is -2.48. The molecule has 0 fully saturated rings. The van der Waals surface area contributed by atoms with Crippen LogP contribution in [-0.2, 0) is 14.8 Å². The van der Waals surface area contributed by atoms with Crippen LogP contribution in [0.15, 0.2) is 42.5 Å². The van der Waals surface area contributed by atoms with Gasteiger partial charge in [0.05, 0.1) is 18.0 Å². The largest absolute Gasteiger partial charge is 0.348 e. The third kappa shape index (κ3) is 5.10. The Morgan fingerprint density at radius 2 is 1.52 bits per heavy atom. The number of aryl methyl sites for hydroxylation is 3. The Hall–Kier alpha value is -2.34. The van der Waals surface area contributed by atoms with Crippen LogP contribution in [0.4, 0.5) is 5.69 Å². The van der Waals surface area contributed by atoms with Crippen LogP contribution in [0.25, 0.3) is 0 Å². The maximum atomic E-state index is 12.8. The molecule has 0 aliphatic carbocycles. The predicted octanol–water partition coefficient (Wildman–Crippen LogP) is 3.64. The molecule has 27 heavy (non-hydrogen) atoms. The summed E-state index contributed by atoms with van der Waals surface area (Å²) in [7, 11) is -3.64. The maximum Gasteiger partial charge on any atom is 0.244 e. The molecule has 0 radical (unpaired) electrons. The first-order valence-corrected chi connectivity index (χ1v) is 10.8. The van der Waals surface area contributed by atoms with Crippen molar-refractivity contribution in [2.75, 3.05) is 10.6 Å². The highest BCUT2D eigenvalue weighted by Crippen LogP contribution is 2.26. The molecule has 2 aromatic carbocycles. The Bertz CT molecular complexity index is 921. The lowest BCUT2D eigenvalue weighted by Gasteiger charge is -2.30. The highest BCUT2D eigenvalue weighted by molar-refractivity contribution is 7.92. The highest BCUT2D eigenvalue weighted by Gasteiger charge is 2.30. The standard InChI is InChI=1S/C21H28N2O3S/c1-14-8-11-19(12-9-14)17(4)22-21(24)18(5)23(27(6,25)26)20-13-15(2)7-10-16(20)3/h7-13,17-18H,1-6H3,(H,22,24). The molecule has 0 aromatic heterocycles. The van der Waals surface area contributed by atoms with Gasteiger partial charge in [-0.3, -0.25) is 9.10 Å². The van der Waals surface area contributed by atoms with E-state index in [-0.39, 0.29) is 11.9 Å². The fourth-order valence-corrected chi connectivity index (χ4v) is 4.23. The number of nitrogens with one attached hydrogen (secondary N) is 1. The summed E-state index contributed by atoms with van der Waals surface area (Å²) >= 11 is 0. The van der Waals surface area contributed by atoms with Crippen LogP contribution in [0.5, 0.6) is 0 Å². The molecular weight excluding hydrogens is 360 g/mol. The van der Waals surface area contributed by atoms with Gasteiger partial charge in [0.2, 0.25) is 15.9 Å². The van der Waals surface area contributed by atoms with Crippen molar-refractivity contribution in [3.05, 3.63) is 64.7 Å². The molecule has 0 aliphatic rings. The molecule has 0 spiro atoms. The molecule has 2 rings (SSSR count). The first-order chi connectivity index (χ1) is 12.5. The van der Waals surface area contributed by atoms with Crippen LogP contribution in [0.3, 0.4) is 0 Å². The fraction of sp³-hybridized carbons (Fsp3) is 0.381. The van der Waals surface area contributed by atoms with E-state index in [9.17, 15) is 13.2 Å². The molecule has 6 heteroatoms. The summed E-state index contributed by atoms with van der Waals surface area (Å²) in [4.78, 5) is 12.8. The summed E-state index contributed by atoms with van der Waals surface area (Å²) in [6.45, 7) is 9.24. The zero-order valence-electron chi connectivity index (χ0n) is 16.8. The number of carbonyl (C=O) groups excluding carboxylic acids is 1. The third-order valence-corrected chi connectivity index (χ3v) is 5.85. The van der Waals surface area contributed by atoms with Crippen molar-refractivity contribution in [1.82, 2.24) is 5.32 Å². The summed E-state index contributed by atoms with van der Waals surface area (Å²) < 4.78 is 26.2. The van der Waals surface area contributed by atoms with Gasteiger partial charge in [-0.2, -0.15) is 0 Å². The van der Waals surface area contributed by atoms with E-state index < -0.39 is 16.1 Å². The predicted molar refractivity (Wildman–Crippen MR) is 110 cm³/mol. The minimum Gasteiger partial charge on any atom is -0.348 e. The number of benzene rings is 2. The summed E-state index contributed by atoms with van der Waals surface area (Å²) in [6.07, 6.45) is 1.13. The van der Waals surface area contributed by atoms with Crippen LogP contribution in [0.1, 0.15) is 42.1 Å². The maximum absolute atomic E-state index is 12.8. The van der Waals surface area contributed by atoms with Crippen LogP contribution >= 0.6 is 0 Å². The molecule has 5 nitrogen and oxygen atoms in total. The number of nitrogens with zero attached hydrogens (tertiary/aromatic N) is 1. The second kappa shape index (κ2) is 8.13. The summed E-state index contributed by atoms with van der Waals surface area (Å²) in [6, 6.07) is 12.4. The van der Waals surface area contributed by atoms with E-state index in [1.54, 1.807) is 13.0 Å². The van der Waals surface area contributed by atoms with Gasteiger partial charge in [-0.05, 0) is 57.4 Å². The van der Waals surface area contributed by atoms with Gasteiger partial charge in [-0.25, -0.2) is 8.42 Å². The number of anilines is 1. The molecular formula is C21H28N2O3S. The smallest absolute Gasteiger partial charge is 0.244 e. The zero-order valence-corrected chi connectivity index (χ0v) is 17.6. The van der Waals surface area contributed by atoms with Gasteiger partial charge in [0, 0.05) is 0 Å². The van der Waals surface area contributed by atoms with E-state index in [4.69, 9.17) is 0 Å². The molecule has 146 valence electrons. The minimum absolute atomic E-state index is 0.222. The molecule has 0 bridgehead atoms. The molecule has 1 amide bonds. The SMILES string of the molecule is Cc1ccc(C(C)NC(=O)C(C)N(c2cc(C)ccc2C)S(C)(=O)=O)cc1. The second-order valence-corrected chi connectivity index (χ2v) is 9.03. The molecule has 0 heterocycles. The molecule has 2 atom stereocenters. The topological polar surface area (TPSA) is 66.5 Å². The number of hydrogen-bond acceptors (Lipinski definition) is 3. The molecule has 1 N–H and O–H groups in total. The minimum atomic E-state index is -3.64. The van der Waals surface area contributed by atoms with Gasteiger partial charge in [0.15, 0.2) is 0 Å². The Morgan fingerprint density at radius 1 is 0.963 bits per heavy atom. The second-order valence-electron chi connectivity index (χ2n) is 7.17. The van der Waals surface area contributed by atoms with Crippen molar-refractivity contribution < 1.29 is 13.2 Å². The van der Waals surface area contributed by atoms with E-state index in [0.717, 1.165) is 28.5 Å². The van der Waals surface area contributed by atoms with E-state index in [1.165, 1.54) is 4.31 Å². The average Bonchev–Trinajstić information content (AvgIpc) is 2.57. The molecule has 0 aliphatic heterocycles. The summed E-state index contributed by atoms with van der Waals surface area (Å²) in [5.74, 6) is -0.339. The van der Waals surface area contributed by atoms with Crippen molar-refractivity contribution in [2.45, 2.75) is 46.7 Å². The first kappa shape index (κ1) is 21.0. The van der Waals surface area contributed by atoms with Crippen molar-refractivity contribution in [3.63, 3.8) is 0 Å². The van der Waals surface area contributed by atoms with E-state index in [1.807, 2.05) is 64.1 Å². The van der Waals surface area contributed by atoms with Crippen LogP contribution < -0.4 is 9.62 Å². The molecule has 2 unspecified atom stereocenters. The Balaban J connectivity index is 2.30. The van der Waals surface area contributed by atoms with Crippen molar-refractivity contribution in [2.24, 2.45) is 0 Å². The van der Waals surface area contributed by atoms with Gasteiger partial charge in [-0.15, -0.1) is 0 Å². The molecule has 0 saturated heterocycles. The van der Waals surface area contributed by atoms with Crippen molar-refractivity contribution in [1.29, 1.82) is 0 Å². The number of amides is 1. The van der Waals surface area contributed by atoms with Gasteiger partial charge >= 0.3 is 0 Å². The monoisotopic (exact) mass is 388 g/mol. The van der Waals surface area contributed by atoms with Crippen molar-refractivity contribution >= 4 is 21.6 Å². The van der Waals surface area contributed by atoms with Crippen molar-refractivity contribution in [3.8, 4) is 0 Å². The van der Waals surface area contributed by atoms with E-state index in [0.29, 0.717) is 5.69 Å².